The van der Waals surface area contributed by atoms with Crippen molar-refractivity contribution in [2.24, 2.45) is 0 Å². The molecule has 0 saturated carbocycles. The fourth-order valence-corrected chi connectivity index (χ4v) is 2.83. The number of hydrogen-bond donors (Lipinski definition) is 0. The molecule has 0 amide bonds. The quantitative estimate of drug-likeness (QED) is 0.708. The molecule has 0 bridgehead atoms. The molecule has 1 aliphatic heterocycles. The Bertz CT molecular complexity index is 882. The van der Waals surface area contributed by atoms with Crippen molar-refractivity contribution in [3.63, 3.8) is 0 Å². The van der Waals surface area contributed by atoms with E-state index in [1.165, 1.54) is 0 Å². The standard InChI is InChI=1S/C17H18N4O3/c22-17-15-16(21(12-18-15)13-4-2-1-3-5-13)19-11-20(17)7-9-24-14-6-8-23-10-14/h1-5,11-12,14H,6-10H2. The highest BCUT2D eigenvalue weighted by Crippen LogP contribution is 2.13. The second kappa shape index (κ2) is 6.54. The Morgan fingerprint density at radius 1 is 1.21 bits per heavy atom. The molecule has 3 heterocycles. The lowest BCUT2D eigenvalue weighted by Crippen LogP contribution is -2.25. The highest BCUT2D eigenvalue weighted by atomic mass is 16.5. The van der Waals surface area contributed by atoms with Gasteiger partial charge in [-0.15, -0.1) is 0 Å². The van der Waals surface area contributed by atoms with Crippen LogP contribution in [0.5, 0.6) is 0 Å². The first-order chi connectivity index (χ1) is 11.8. The molecule has 124 valence electrons. The Morgan fingerprint density at radius 3 is 2.88 bits per heavy atom. The van der Waals surface area contributed by atoms with Crippen molar-refractivity contribution in [2.45, 2.75) is 19.1 Å². The van der Waals surface area contributed by atoms with E-state index in [0.717, 1.165) is 18.7 Å². The summed E-state index contributed by atoms with van der Waals surface area (Å²) in [4.78, 5) is 21.2. The van der Waals surface area contributed by atoms with E-state index in [9.17, 15) is 4.79 Å². The molecule has 7 nitrogen and oxygen atoms in total. The topological polar surface area (TPSA) is 71.2 Å². The van der Waals surface area contributed by atoms with Crippen LogP contribution in [-0.4, -0.2) is 45.0 Å². The molecule has 0 spiro atoms. The average Bonchev–Trinajstić information content (AvgIpc) is 3.27. The Morgan fingerprint density at radius 2 is 2.08 bits per heavy atom. The number of nitrogens with zero attached hydrogens (tertiary/aromatic N) is 4. The first-order valence-electron chi connectivity index (χ1n) is 8.00. The number of rotatable bonds is 5. The SMILES string of the molecule is O=c1c2ncn(-c3ccccc3)c2ncn1CCOC1CCOC1. The van der Waals surface area contributed by atoms with Crippen LogP contribution in [0.4, 0.5) is 0 Å². The van der Waals surface area contributed by atoms with Crippen LogP contribution in [0.2, 0.25) is 0 Å². The molecule has 3 aromatic rings. The lowest BCUT2D eigenvalue weighted by molar-refractivity contribution is 0.0380. The largest absolute Gasteiger partial charge is 0.379 e. The van der Waals surface area contributed by atoms with Crippen LogP contribution in [0, 0.1) is 0 Å². The van der Waals surface area contributed by atoms with Crippen LogP contribution in [-0.2, 0) is 16.0 Å². The molecule has 1 aromatic carbocycles. The third-order valence-electron chi connectivity index (χ3n) is 4.13. The molecule has 1 unspecified atom stereocenters. The summed E-state index contributed by atoms with van der Waals surface area (Å²) in [6, 6.07) is 9.72. The van der Waals surface area contributed by atoms with E-state index >= 15 is 0 Å². The number of ether oxygens (including phenoxy) is 2. The van der Waals surface area contributed by atoms with Gasteiger partial charge >= 0.3 is 0 Å². The molecule has 1 fully saturated rings. The first-order valence-corrected chi connectivity index (χ1v) is 8.00. The van der Waals surface area contributed by atoms with Crippen molar-refractivity contribution in [3.05, 3.63) is 53.3 Å². The van der Waals surface area contributed by atoms with Crippen molar-refractivity contribution in [3.8, 4) is 5.69 Å². The lowest BCUT2D eigenvalue weighted by Gasteiger charge is -2.10. The van der Waals surface area contributed by atoms with Gasteiger partial charge in [-0.1, -0.05) is 18.2 Å². The van der Waals surface area contributed by atoms with Crippen molar-refractivity contribution in [2.75, 3.05) is 19.8 Å². The molecule has 2 aromatic heterocycles. The van der Waals surface area contributed by atoms with E-state index in [0.29, 0.717) is 30.9 Å². The summed E-state index contributed by atoms with van der Waals surface area (Å²) in [6.45, 7) is 2.29. The van der Waals surface area contributed by atoms with Gasteiger partial charge in [0.15, 0.2) is 11.2 Å². The lowest BCUT2D eigenvalue weighted by atomic mass is 10.3. The zero-order chi connectivity index (χ0) is 16.4. The van der Waals surface area contributed by atoms with Gasteiger partial charge in [-0.05, 0) is 18.6 Å². The van der Waals surface area contributed by atoms with Gasteiger partial charge in [-0.3, -0.25) is 13.9 Å². The van der Waals surface area contributed by atoms with Crippen LogP contribution in [0.25, 0.3) is 16.9 Å². The normalized spacial score (nSPS) is 17.6. The highest BCUT2D eigenvalue weighted by Gasteiger charge is 2.16. The fraction of sp³-hybridized carbons (Fsp3) is 0.353. The maximum absolute atomic E-state index is 12.6. The van der Waals surface area contributed by atoms with Gasteiger partial charge in [0.05, 0.1) is 25.9 Å². The Kier molecular flexibility index (Phi) is 4.10. The van der Waals surface area contributed by atoms with Crippen molar-refractivity contribution in [1.82, 2.24) is 19.1 Å². The molecule has 1 atom stereocenters. The average molecular weight is 326 g/mol. The number of imidazole rings is 1. The third-order valence-corrected chi connectivity index (χ3v) is 4.13. The molecule has 0 radical (unpaired) electrons. The molecular formula is C17H18N4O3. The van der Waals surface area contributed by atoms with E-state index in [4.69, 9.17) is 9.47 Å². The monoisotopic (exact) mass is 326 g/mol. The van der Waals surface area contributed by atoms with Crippen LogP contribution in [0.1, 0.15) is 6.42 Å². The molecule has 0 N–H and O–H groups in total. The molecular weight excluding hydrogens is 308 g/mol. The fourth-order valence-electron chi connectivity index (χ4n) is 2.83. The van der Waals surface area contributed by atoms with E-state index < -0.39 is 0 Å². The maximum atomic E-state index is 12.6. The van der Waals surface area contributed by atoms with Gasteiger partial charge in [-0.25, -0.2) is 9.97 Å². The van der Waals surface area contributed by atoms with E-state index in [-0.39, 0.29) is 11.7 Å². The van der Waals surface area contributed by atoms with E-state index in [1.54, 1.807) is 17.2 Å². The maximum Gasteiger partial charge on any atom is 0.281 e. The minimum absolute atomic E-state index is 0.134. The number of fused-ring (bicyclic) bond motifs is 1. The summed E-state index contributed by atoms with van der Waals surface area (Å²) in [5.74, 6) is 0. The van der Waals surface area contributed by atoms with E-state index in [2.05, 4.69) is 9.97 Å². The summed E-state index contributed by atoms with van der Waals surface area (Å²) in [7, 11) is 0. The molecule has 7 heteroatoms. The van der Waals surface area contributed by atoms with Gasteiger partial charge in [0.2, 0.25) is 0 Å². The van der Waals surface area contributed by atoms with Gasteiger partial charge in [0, 0.05) is 12.3 Å². The summed E-state index contributed by atoms with van der Waals surface area (Å²) >= 11 is 0. The van der Waals surface area contributed by atoms with Crippen LogP contribution < -0.4 is 5.56 Å². The summed E-state index contributed by atoms with van der Waals surface area (Å²) < 4.78 is 14.3. The second-order valence-electron chi connectivity index (χ2n) is 5.72. The summed E-state index contributed by atoms with van der Waals surface area (Å²) in [5.41, 5.74) is 1.70. The minimum Gasteiger partial charge on any atom is -0.379 e. The molecule has 1 aliphatic rings. The smallest absolute Gasteiger partial charge is 0.281 e. The number of para-hydroxylation sites is 1. The number of hydrogen-bond acceptors (Lipinski definition) is 5. The Balaban J connectivity index is 1.56. The zero-order valence-corrected chi connectivity index (χ0v) is 13.2. The van der Waals surface area contributed by atoms with Gasteiger partial charge in [-0.2, -0.15) is 0 Å². The predicted octanol–water partition coefficient (Wildman–Crippen LogP) is 1.39. The van der Waals surface area contributed by atoms with Gasteiger partial charge in [0.1, 0.15) is 12.7 Å². The molecule has 4 rings (SSSR count). The van der Waals surface area contributed by atoms with Crippen LogP contribution in [0.15, 0.2) is 47.8 Å². The Labute approximate surface area is 138 Å². The number of aromatic nitrogens is 4. The van der Waals surface area contributed by atoms with Gasteiger partial charge < -0.3 is 9.47 Å². The van der Waals surface area contributed by atoms with Crippen LogP contribution >= 0.6 is 0 Å². The third kappa shape index (κ3) is 2.83. The first kappa shape index (κ1) is 15.0. The van der Waals surface area contributed by atoms with Gasteiger partial charge in [0.25, 0.3) is 5.56 Å². The van der Waals surface area contributed by atoms with E-state index in [1.807, 2.05) is 34.9 Å². The zero-order valence-electron chi connectivity index (χ0n) is 13.2. The summed E-state index contributed by atoms with van der Waals surface area (Å²) in [5, 5.41) is 0. The van der Waals surface area contributed by atoms with Crippen molar-refractivity contribution < 1.29 is 9.47 Å². The highest BCUT2D eigenvalue weighted by molar-refractivity contribution is 5.71. The molecule has 1 saturated heterocycles. The second-order valence-corrected chi connectivity index (χ2v) is 5.72. The molecule has 0 aliphatic carbocycles. The minimum atomic E-state index is -0.152. The summed E-state index contributed by atoms with van der Waals surface area (Å²) in [6.07, 6.45) is 4.23. The van der Waals surface area contributed by atoms with Crippen LogP contribution in [0.3, 0.4) is 0 Å². The molecule has 24 heavy (non-hydrogen) atoms. The predicted molar refractivity (Wildman–Crippen MR) is 88.3 cm³/mol. The van der Waals surface area contributed by atoms with Crippen molar-refractivity contribution in [1.29, 1.82) is 0 Å². The Hall–Kier alpha value is -2.51. The number of benzene rings is 1. The van der Waals surface area contributed by atoms with Crippen molar-refractivity contribution >= 4 is 11.2 Å².